The van der Waals surface area contributed by atoms with Gasteiger partial charge in [-0.25, -0.2) is 14.0 Å². The first-order valence-electron chi connectivity index (χ1n) is 8.95. The summed E-state index contributed by atoms with van der Waals surface area (Å²) in [6, 6.07) is 16.9. The number of rotatable bonds is 5. The van der Waals surface area contributed by atoms with Crippen LogP contribution >= 0.6 is 0 Å². The standard InChI is InChI=1S/C23H19FO5/c1-14(2)28-23(27)20-12-11-19(13-21(20)24)29-22(26)17-5-3-15(4-6-17)16-7-9-18(25)10-8-16/h3-14,25H,1-2H3. The molecule has 6 heteroatoms. The Balaban J connectivity index is 1.70. The number of halogens is 1. The van der Waals surface area contributed by atoms with Crippen LogP contribution in [0, 0.1) is 5.82 Å². The van der Waals surface area contributed by atoms with E-state index >= 15 is 0 Å². The van der Waals surface area contributed by atoms with Crippen molar-refractivity contribution >= 4 is 11.9 Å². The molecule has 0 radical (unpaired) electrons. The van der Waals surface area contributed by atoms with Gasteiger partial charge in [-0.3, -0.25) is 0 Å². The molecule has 0 aliphatic heterocycles. The second kappa shape index (κ2) is 8.56. The van der Waals surface area contributed by atoms with Crippen molar-refractivity contribution in [3.8, 4) is 22.6 Å². The lowest BCUT2D eigenvalue weighted by Gasteiger charge is -2.10. The smallest absolute Gasteiger partial charge is 0.343 e. The number of ether oxygens (including phenoxy) is 2. The fourth-order valence-electron chi connectivity index (χ4n) is 2.62. The molecule has 3 aromatic rings. The SMILES string of the molecule is CC(C)OC(=O)c1ccc(OC(=O)c2ccc(-c3ccc(O)cc3)cc2)cc1F. The van der Waals surface area contributed by atoms with Gasteiger partial charge in [-0.2, -0.15) is 0 Å². The van der Waals surface area contributed by atoms with Gasteiger partial charge < -0.3 is 14.6 Å². The number of carbonyl (C=O) groups excluding carboxylic acids is 2. The van der Waals surface area contributed by atoms with E-state index in [0.29, 0.717) is 0 Å². The van der Waals surface area contributed by atoms with Crippen molar-refractivity contribution in [3.05, 3.63) is 83.7 Å². The molecule has 0 saturated carbocycles. The van der Waals surface area contributed by atoms with Gasteiger partial charge in [0, 0.05) is 6.07 Å². The summed E-state index contributed by atoms with van der Waals surface area (Å²) in [6.45, 7) is 3.33. The quantitative estimate of drug-likeness (QED) is 0.488. The zero-order chi connectivity index (χ0) is 21.0. The van der Waals surface area contributed by atoms with Gasteiger partial charge in [0.2, 0.25) is 0 Å². The summed E-state index contributed by atoms with van der Waals surface area (Å²) in [5.74, 6) is -2.11. The minimum absolute atomic E-state index is 0.0174. The minimum Gasteiger partial charge on any atom is -0.508 e. The number of phenolic OH excluding ortho intramolecular Hbond substituents is 1. The van der Waals surface area contributed by atoms with E-state index in [0.717, 1.165) is 17.2 Å². The zero-order valence-electron chi connectivity index (χ0n) is 15.9. The van der Waals surface area contributed by atoms with Crippen LogP contribution in [0.1, 0.15) is 34.6 Å². The van der Waals surface area contributed by atoms with Crippen molar-refractivity contribution < 1.29 is 28.6 Å². The monoisotopic (exact) mass is 394 g/mol. The van der Waals surface area contributed by atoms with Gasteiger partial charge in [0.15, 0.2) is 0 Å². The average Bonchev–Trinajstić information content (AvgIpc) is 2.68. The van der Waals surface area contributed by atoms with E-state index in [1.807, 2.05) is 0 Å². The number of hydrogen-bond donors (Lipinski definition) is 1. The normalized spacial score (nSPS) is 10.6. The largest absolute Gasteiger partial charge is 0.508 e. The Labute approximate surface area is 167 Å². The third kappa shape index (κ3) is 4.99. The topological polar surface area (TPSA) is 72.8 Å². The van der Waals surface area contributed by atoms with Gasteiger partial charge in [0.25, 0.3) is 0 Å². The zero-order valence-corrected chi connectivity index (χ0v) is 15.9. The van der Waals surface area contributed by atoms with Crippen LogP contribution in [0.15, 0.2) is 66.7 Å². The lowest BCUT2D eigenvalue weighted by Crippen LogP contribution is -2.13. The number of hydrogen-bond acceptors (Lipinski definition) is 5. The van der Waals surface area contributed by atoms with Gasteiger partial charge >= 0.3 is 11.9 Å². The number of aromatic hydroxyl groups is 1. The molecule has 0 unspecified atom stereocenters. The Hall–Kier alpha value is -3.67. The summed E-state index contributed by atoms with van der Waals surface area (Å²) < 4.78 is 24.3. The maximum absolute atomic E-state index is 14.2. The van der Waals surface area contributed by atoms with Crippen LogP contribution in [0.25, 0.3) is 11.1 Å². The lowest BCUT2D eigenvalue weighted by molar-refractivity contribution is 0.0372. The number of carbonyl (C=O) groups is 2. The highest BCUT2D eigenvalue weighted by Gasteiger charge is 2.17. The predicted octanol–water partition coefficient (Wildman–Crippen LogP) is 4.98. The second-order valence-corrected chi connectivity index (χ2v) is 6.61. The lowest BCUT2D eigenvalue weighted by atomic mass is 10.0. The van der Waals surface area contributed by atoms with E-state index in [9.17, 15) is 19.1 Å². The summed E-state index contributed by atoms with van der Waals surface area (Å²) in [7, 11) is 0. The van der Waals surface area contributed by atoms with Crippen molar-refractivity contribution in [1.29, 1.82) is 0 Å². The highest BCUT2D eigenvalue weighted by atomic mass is 19.1. The van der Waals surface area contributed by atoms with Gasteiger partial charge in [-0.05, 0) is 61.4 Å². The van der Waals surface area contributed by atoms with Crippen LogP contribution in [0.3, 0.4) is 0 Å². The molecule has 3 rings (SSSR count). The molecule has 0 bridgehead atoms. The molecule has 0 atom stereocenters. The van der Waals surface area contributed by atoms with Crippen LogP contribution in [-0.4, -0.2) is 23.1 Å². The Bertz CT molecular complexity index is 1020. The molecule has 0 heterocycles. The molecule has 0 aliphatic carbocycles. The number of benzene rings is 3. The number of phenols is 1. The first-order chi connectivity index (χ1) is 13.8. The van der Waals surface area contributed by atoms with Crippen LogP contribution < -0.4 is 4.74 Å². The molecular formula is C23H19FO5. The summed E-state index contributed by atoms with van der Waals surface area (Å²) in [6.07, 6.45) is -0.371. The molecule has 0 fully saturated rings. The van der Waals surface area contributed by atoms with Gasteiger partial charge in [-0.15, -0.1) is 0 Å². The molecule has 0 aromatic heterocycles. The minimum atomic E-state index is -0.830. The fourth-order valence-corrected chi connectivity index (χ4v) is 2.62. The molecular weight excluding hydrogens is 375 g/mol. The average molecular weight is 394 g/mol. The Kier molecular flexibility index (Phi) is 5.93. The highest BCUT2D eigenvalue weighted by molar-refractivity contribution is 5.92. The van der Waals surface area contributed by atoms with E-state index < -0.39 is 17.8 Å². The summed E-state index contributed by atoms with van der Waals surface area (Å²) in [4.78, 5) is 24.1. The number of esters is 2. The molecule has 0 amide bonds. The molecule has 148 valence electrons. The fraction of sp³-hybridized carbons (Fsp3) is 0.130. The van der Waals surface area contributed by atoms with Crippen molar-refractivity contribution in [3.63, 3.8) is 0 Å². The molecule has 0 saturated heterocycles. The van der Waals surface area contributed by atoms with Crippen LogP contribution in [0.4, 0.5) is 4.39 Å². The first-order valence-corrected chi connectivity index (χ1v) is 8.95. The Morgan fingerprint density at radius 2 is 1.45 bits per heavy atom. The van der Waals surface area contributed by atoms with Crippen molar-refractivity contribution in [2.45, 2.75) is 20.0 Å². The van der Waals surface area contributed by atoms with Crippen LogP contribution in [-0.2, 0) is 4.74 Å². The van der Waals surface area contributed by atoms with E-state index in [1.54, 1.807) is 62.4 Å². The Morgan fingerprint density at radius 1 is 0.862 bits per heavy atom. The maximum Gasteiger partial charge on any atom is 0.343 e. The van der Waals surface area contributed by atoms with E-state index in [-0.39, 0.29) is 28.7 Å². The van der Waals surface area contributed by atoms with E-state index in [1.165, 1.54) is 12.1 Å². The van der Waals surface area contributed by atoms with Gasteiger partial charge in [-0.1, -0.05) is 24.3 Å². The third-order valence-electron chi connectivity index (χ3n) is 4.03. The highest BCUT2D eigenvalue weighted by Crippen LogP contribution is 2.23. The van der Waals surface area contributed by atoms with Gasteiger partial charge in [0.05, 0.1) is 17.2 Å². The molecule has 0 aliphatic rings. The molecule has 3 aromatic carbocycles. The van der Waals surface area contributed by atoms with Crippen LogP contribution in [0.5, 0.6) is 11.5 Å². The van der Waals surface area contributed by atoms with Gasteiger partial charge in [0.1, 0.15) is 17.3 Å². The molecule has 1 N–H and O–H groups in total. The molecule has 29 heavy (non-hydrogen) atoms. The van der Waals surface area contributed by atoms with E-state index in [2.05, 4.69) is 0 Å². The first kappa shape index (κ1) is 20.1. The van der Waals surface area contributed by atoms with Crippen molar-refractivity contribution in [1.82, 2.24) is 0 Å². The van der Waals surface area contributed by atoms with Crippen molar-refractivity contribution in [2.24, 2.45) is 0 Å². The maximum atomic E-state index is 14.2. The summed E-state index contributed by atoms with van der Waals surface area (Å²) in [5, 5.41) is 9.35. The third-order valence-corrected chi connectivity index (χ3v) is 4.03. The Morgan fingerprint density at radius 3 is 2.00 bits per heavy atom. The van der Waals surface area contributed by atoms with E-state index in [4.69, 9.17) is 9.47 Å². The summed E-state index contributed by atoms with van der Waals surface area (Å²) >= 11 is 0. The second-order valence-electron chi connectivity index (χ2n) is 6.61. The predicted molar refractivity (Wildman–Crippen MR) is 105 cm³/mol. The molecule has 0 spiro atoms. The van der Waals surface area contributed by atoms with Crippen LogP contribution in [0.2, 0.25) is 0 Å². The molecule has 5 nitrogen and oxygen atoms in total. The summed E-state index contributed by atoms with van der Waals surface area (Å²) in [5.41, 5.74) is 1.81. The van der Waals surface area contributed by atoms with Crippen molar-refractivity contribution in [2.75, 3.05) is 0 Å².